The molecule has 1 aliphatic rings. The van der Waals surface area contributed by atoms with Crippen LogP contribution in [-0.2, 0) is 32.2 Å². The van der Waals surface area contributed by atoms with Gasteiger partial charge in [-0.2, -0.15) is 36.5 Å². The summed E-state index contributed by atoms with van der Waals surface area (Å²) in [5, 5.41) is 10.5. The van der Waals surface area contributed by atoms with Crippen molar-refractivity contribution in [3.8, 4) is 5.69 Å². The second-order valence-corrected chi connectivity index (χ2v) is 7.75. The zero-order valence-corrected chi connectivity index (χ0v) is 17.2. The van der Waals surface area contributed by atoms with Crippen LogP contribution in [0.2, 0.25) is 0 Å². The molecule has 3 heterocycles. The minimum absolute atomic E-state index is 0.195. The quantitative estimate of drug-likeness (QED) is 0.466. The summed E-state index contributed by atoms with van der Waals surface area (Å²) in [6.45, 7) is 0. The van der Waals surface area contributed by atoms with E-state index in [1.807, 2.05) is 0 Å². The SMILES string of the molecule is Cn1nc(C(F)(F)F)cc1C(=O)N[C@@H]1CCCc2nn(-c3ccnc(C(F)(F)F)c3)cc2C1. The van der Waals surface area contributed by atoms with Crippen LogP contribution in [0.5, 0.6) is 0 Å². The third kappa shape index (κ3) is 4.86. The average Bonchev–Trinajstić information content (AvgIpc) is 3.26. The van der Waals surface area contributed by atoms with Crippen molar-refractivity contribution in [2.45, 2.75) is 44.1 Å². The first-order chi connectivity index (χ1) is 15.4. The van der Waals surface area contributed by atoms with Gasteiger partial charge in [-0.25, -0.2) is 4.68 Å². The number of amides is 1. The molecule has 0 saturated heterocycles. The molecule has 1 amide bonds. The van der Waals surface area contributed by atoms with Crippen molar-refractivity contribution < 1.29 is 31.1 Å². The van der Waals surface area contributed by atoms with Crippen LogP contribution in [0.1, 0.15) is 46.0 Å². The molecule has 0 spiro atoms. The van der Waals surface area contributed by atoms with Gasteiger partial charge in [0.15, 0.2) is 5.69 Å². The molecule has 3 aromatic heterocycles. The molecular formula is C20H18F6N6O. The van der Waals surface area contributed by atoms with E-state index in [-0.39, 0.29) is 17.4 Å². The van der Waals surface area contributed by atoms with Crippen molar-refractivity contribution in [2.75, 3.05) is 0 Å². The molecule has 3 aromatic rings. The lowest BCUT2D eigenvalue weighted by atomic mass is 10.1. The molecule has 0 aliphatic heterocycles. The number of nitrogens with zero attached hydrogens (tertiary/aromatic N) is 5. The maximum atomic E-state index is 13.0. The van der Waals surface area contributed by atoms with Crippen molar-refractivity contribution >= 4 is 5.91 Å². The van der Waals surface area contributed by atoms with Crippen molar-refractivity contribution in [1.29, 1.82) is 0 Å². The van der Waals surface area contributed by atoms with E-state index in [9.17, 15) is 31.1 Å². The first-order valence-corrected chi connectivity index (χ1v) is 9.95. The van der Waals surface area contributed by atoms with Gasteiger partial charge in [-0.1, -0.05) is 0 Å². The summed E-state index contributed by atoms with van der Waals surface area (Å²) < 4.78 is 79.7. The molecule has 0 radical (unpaired) electrons. The molecule has 0 saturated carbocycles. The van der Waals surface area contributed by atoms with Crippen LogP contribution in [0.15, 0.2) is 30.6 Å². The van der Waals surface area contributed by atoms with Gasteiger partial charge in [0.1, 0.15) is 11.4 Å². The Morgan fingerprint density at radius 2 is 1.82 bits per heavy atom. The van der Waals surface area contributed by atoms with E-state index in [2.05, 4.69) is 20.5 Å². The van der Waals surface area contributed by atoms with Crippen LogP contribution in [0.4, 0.5) is 26.3 Å². The third-order valence-electron chi connectivity index (χ3n) is 5.35. The zero-order valence-electron chi connectivity index (χ0n) is 17.2. The Labute approximate surface area is 183 Å². The van der Waals surface area contributed by atoms with E-state index in [1.54, 1.807) is 6.20 Å². The predicted molar refractivity (Wildman–Crippen MR) is 102 cm³/mol. The molecule has 0 bridgehead atoms. The Morgan fingerprint density at radius 3 is 2.48 bits per heavy atom. The second kappa shape index (κ2) is 8.19. The highest BCUT2D eigenvalue weighted by molar-refractivity contribution is 5.92. The van der Waals surface area contributed by atoms with Crippen LogP contribution in [0, 0.1) is 0 Å². The van der Waals surface area contributed by atoms with Gasteiger partial charge in [-0.05, 0) is 43.4 Å². The molecule has 0 unspecified atom stereocenters. The minimum Gasteiger partial charge on any atom is -0.348 e. The number of aryl methyl sites for hydroxylation is 2. The highest BCUT2D eigenvalue weighted by atomic mass is 19.4. The Kier molecular flexibility index (Phi) is 5.66. The number of alkyl halides is 6. The summed E-state index contributed by atoms with van der Waals surface area (Å²) in [5.41, 5.74) is -0.791. The molecular weight excluding hydrogens is 454 g/mol. The molecule has 0 fully saturated rings. The van der Waals surface area contributed by atoms with E-state index >= 15 is 0 Å². The summed E-state index contributed by atoms with van der Waals surface area (Å²) in [5.74, 6) is -0.690. The van der Waals surface area contributed by atoms with Crippen LogP contribution in [-0.4, -0.2) is 36.5 Å². The maximum Gasteiger partial charge on any atom is 0.435 e. The van der Waals surface area contributed by atoms with E-state index in [4.69, 9.17) is 0 Å². The molecule has 1 atom stereocenters. The molecule has 13 heteroatoms. The fourth-order valence-corrected chi connectivity index (χ4v) is 3.76. The Bertz CT molecular complexity index is 1180. The molecule has 0 aromatic carbocycles. The zero-order chi connectivity index (χ0) is 24.0. The van der Waals surface area contributed by atoms with Crippen LogP contribution in [0.3, 0.4) is 0 Å². The van der Waals surface area contributed by atoms with Crippen LogP contribution in [0.25, 0.3) is 5.69 Å². The number of rotatable bonds is 3. The summed E-state index contributed by atoms with van der Waals surface area (Å²) in [6, 6.07) is 2.61. The highest BCUT2D eigenvalue weighted by Crippen LogP contribution is 2.30. The summed E-state index contributed by atoms with van der Waals surface area (Å²) in [6.07, 6.45) is -4.51. The number of nitrogens with one attached hydrogen (secondary N) is 1. The Morgan fingerprint density at radius 1 is 1.09 bits per heavy atom. The van der Waals surface area contributed by atoms with E-state index in [1.165, 1.54) is 17.8 Å². The van der Waals surface area contributed by atoms with Gasteiger partial charge in [-0.15, -0.1) is 0 Å². The largest absolute Gasteiger partial charge is 0.435 e. The number of carbonyl (C=O) groups excluding carboxylic acids is 1. The van der Waals surface area contributed by atoms with Crippen LogP contribution >= 0.6 is 0 Å². The number of aromatic nitrogens is 5. The number of fused-ring (bicyclic) bond motifs is 1. The highest BCUT2D eigenvalue weighted by Gasteiger charge is 2.36. The molecule has 4 rings (SSSR count). The minimum atomic E-state index is -4.67. The standard InChI is InChI=1S/C20H18F6N6O/c1-31-15(9-17(30-31)20(24,25)26)18(33)28-12-3-2-4-14-11(7-12)10-32(29-14)13-5-6-27-16(8-13)19(21,22)23/h5-6,8-10,12H,2-4,7H2,1H3,(H,28,33)/t12-/m1/s1. The third-order valence-corrected chi connectivity index (χ3v) is 5.35. The lowest BCUT2D eigenvalue weighted by Gasteiger charge is -2.16. The van der Waals surface area contributed by atoms with Crippen molar-refractivity contribution in [1.82, 2.24) is 29.9 Å². The van der Waals surface area contributed by atoms with E-state index < -0.39 is 29.6 Å². The number of pyridine rings is 1. The Balaban J connectivity index is 1.52. The van der Waals surface area contributed by atoms with Gasteiger partial charge in [0.05, 0.1) is 11.4 Å². The summed E-state index contributed by atoms with van der Waals surface area (Å²) >= 11 is 0. The lowest BCUT2D eigenvalue weighted by molar-refractivity contribution is -0.142. The molecule has 7 nitrogen and oxygen atoms in total. The summed E-state index contributed by atoms with van der Waals surface area (Å²) in [7, 11) is 1.25. The van der Waals surface area contributed by atoms with Crippen molar-refractivity contribution in [2.24, 2.45) is 7.05 Å². The molecule has 33 heavy (non-hydrogen) atoms. The first kappa shape index (κ1) is 22.8. The lowest BCUT2D eigenvalue weighted by Crippen LogP contribution is -2.37. The summed E-state index contributed by atoms with van der Waals surface area (Å²) in [4.78, 5) is 15.9. The monoisotopic (exact) mass is 472 g/mol. The second-order valence-electron chi connectivity index (χ2n) is 7.75. The van der Waals surface area contributed by atoms with E-state index in [0.29, 0.717) is 37.4 Å². The van der Waals surface area contributed by atoms with Gasteiger partial charge >= 0.3 is 12.4 Å². The number of halogens is 6. The van der Waals surface area contributed by atoms with Gasteiger partial charge in [-0.3, -0.25) is 14.5 Å². The molecule has 176 valence electrons. The Hall–Kier alpha value is -3.38. The number of hydrogen-bond donors (Lipinski definition) is 1. The van der Waals surface area contributed by atoms with Crippen LogP contribution < -0.4 is 5.32 Å². The smallest absolute Gasteiger partial charge is 0.348 e. The van der Waals surface area contributed by atoms with E-state index in [0.717, 1.165) is 22.5 Å². The number of carbonyl (C=O) groups is 1. The maximum absolute atomic E-state index is 13.0. The topological polar surface area (TPSA) is 77.6 Å². The van der Waals surface area contributed by atoms with Gasteiger partial charge in [0.2, 0.25) is 0 Å². The predicted octanol–water partition coefficient (Wildman–Crippen LogP) is 3.72. The van der Waals surface area contributed by atoms with Gasteiger partial charge in [0, 0.05) is 31.5 Å². The normalized spacial score (nSPS) is 16.9. The molecule has 1 aliphatic carbocycles. The number of hydrogen-bond acceptors (Lipinski definition) is 4. The van der Waals surface area contributed by atoms with Crippen molar-refractivity contribution in [3.05, 3.63) is 58.9 Å². The fourth-order valence-electron chi connectivity index (χ4n) is 3.76. The molecule has 1 N–H and O–H groups in total. The van der Waals surface area contributed by atoms with Crippen molar-refractivity contribution in [3.63, 3.8) is 0 Å². The average molecular weight is 472 g/mol. The van der Waals surface area contributed by atoms with Gasteiger partial charge < -0.3 is 5.32 Å². The first-order valence-electron chi connectivity index (χ1n) is 9.95. The fraction of sp³-hybridized carbons (Fsp3) is 0.400. The van der Waals surface area contributed by atoms with Gasteiger partial charge in [0.25, 0.3) is 5.91 Å².